The standard InChI is InChI=1S/C12H9N3O4S/c16-11(10-2-1-7-19-10)14-12(20)13-8-3-5-9(6-4-8)15(17)18/h1-7H,(H2,13,14,16,20). The van der Waals surface area contributed by atoms with E-state index in [9.17, 15) is 14.9 Å². The molecule has 0 atom stereocenters. The van der Waals surface area contributed by atoms with E-state index in [0.717, 1.165) is 0 Å². The van der Waals surface area contributed by atoms with Crippen molar-refractivity contribution in [1.29, 1.82) is 0 Å². The van der Waals surface area contributed by atoms with Crippen molar-refractivity contribution in [2.24, 2.45) is 0 Å². The fourth-order valence-corrected chi connectivity index (χ4v) is 1.61. The van der Waals surface area contributed by atoms with Gasteiger partial charge >= 0.3 is 0 Å². The first-order valence-electron chi connectivity index (χ1n) is 5.46. The van der Waals surface area contributed by atoms with E-state index in [-0.39, 0.29) is 16.6 Å². The van der Waals surface area contributed by atoms with E-state index < -0.39 is 10.8 Å². The first-order valence-corrected chi connectivity index (χ1v) is 5.87. The number of rotatable bonds is 3. The minimum absolute atomic E-state index is 0.0268. The number of thiocarbonyl (C=S) groups is 1. The molecule has 0 radical (unpaired) electrons. The third-order valence-corrected chi connectivity index (χ3v) is 2.51. The number of carbonyl (C=O) groups is 1. The van der Waals surface area contributed by atoms with Crippen LogP contribution in [0.3, 0.4) is 0 Å². The van der Waals surface area contributed by atoms with Gasteiger partial charge < -0.3 is 9.73 Å². The number of benzene rings is 1. The molecule has 0 bridgehead atoms. The number of non-ortho nitro benzene ring substituents is 1. The predicted octanol–water partition coefficient (Wildman–Crippen LogP) is 2.31. The minimum Gasteiger partial charge on any atom is -0.459 e. The maximum absolute atomic E-state index is 11.6. The summed E-state index contributed by atoms with van der Waals surface area (Å²) in [6.45, 7) is 0. The predicted molar refractivity (Wildman–Crippen MR) is 75.5 cm³/mol. The first-order chi connectivity index (χ1) is 9.56. The van der Waals surface area contributed by atoms with Gasteiger partial charge in [0.1, 0.15) is 0 Å². The Labute approximate surface area is 118 Å². The summed E-state index contributed by atoms with van der Waals surface area (Å²) in [5.74, 6) is -0.340. The van der Waals surface area contributed by atoms with Gasteiger partial charge in [0.05, 0.1) is 11.2 Å². The van der Waals surface area contributed by atoms with Crippen LogP contribution in [-0.4, -0.2) is 15.9 Å². The molecule has 0 saturated carbocycles. The zero-order valence-electron chi connectivity index (χ0n) is 10.0. The molecule has 1 amide bonds. The highest BCUT2D eigenvalue weighted by Crippen LogP contribution is 2.15. The molecule has 20 heavy (non-hydrogen) atoms. The van der Waals surface area contributed by atoms with Crippen molar-refractivity contribution in [1.82, 2.24) is 5.32 Å². The fraction of sp³-hybridized carbons (Fsp3) is 0. The largest absolute Gasteiger partial charge is 0.459 e. The molecular formula is C12H9N3O4S. The average Bonchev–Trinajstić information content (AvgIpc) is 2.93. The van der Waals surface area contributed by atoms with Crippen molar-refractivity contribution in [2.45, 2.75) is 0 Å². The highest BCUT2D eigenvalue weighted by atomic mass is 32.1. The molecule has 0 unspecified atom stereocenters. The number of anilines is 1. The molecule has 7 nitrogen and oxygen atoms in total. The van der Waals surface area contributed by atoms with Gasteiger partial charge in [-0.3, -0.25) is 20.2 Å². The summed E-state index contributed by atoms with van der Waals surface area (Å²) in [4.78, 5) is 21.6. The Morgan fingerprint density at radius 2 is 1.95 bits per heavy atom. The lowest BCUT2D eigenvalue weighted by molar-refractivity contribution is -0.384. The molecule has 0 aliphatic heterocycles. The molecule has 2 N–H and O–H groups in total. The zero-order valence-corrected chi connectivity index (χ0v) is 10.8. The van der Waals surface area contributed by atoms with Crippen molar-refractivity contribution in [3.8, 4) is 0 Å². The van der Waals surface area contributed by atoms with Gasteiger partial charge in [0.15, 0.2) is 10.9 Å². The van der Waals surface area contributed by atoms with E-state index in [1.807, 2.05) is 0 Å². The lowest BCUT2D eigenvalue weighted by Crippen LogP contribution is -2.33. The Morgan fingerprint density at radius 3 is 2.50 bits per heavy atom. The number of carbonyl (C=O) groups excluding carboxylic acids is 1. The number of nitro benzene ring substituents is 1. The van der Waals surface area contributed by atoms with Gasteiger partial charge in [-0.15, -0.1) is 0 Å². The number of hydrogen-bond acceptors (Lipinski definition) is 5. The van der Waals surface area contributed by atoms with Crippen molar-refractivity contribution < 1.29 is 14.1 Å². The Bertz CT molecular complexity index is 637. The molecule has 0 fully saturated rings. The van der Waals surface area contributed by atoms with Crippen LogP contribution in [0.25, 0.3) is 0 Å². The maximum atomic E-state index is 11.6. The zero-order chi connectivity index (χ0) is 14.5. The van der Waals surface area contributed by atoms with E-state index >= 15 is 0 Å². The quantitative estimate of drug-likeness (QED) is 0.511. The van der Waals surface area contributed by atoms with Gasteiger partial charge in [-0.05, 0) is 36.5 Å². The number of nitrogens with zero attached hydrogens (tertiary/aromatic N) is 1. The van der Waals surface area contributed by atoms with Crippen LogP contribution in [-0.2, 0) is 0 Å². The average molecular weight is 291 g/mol. The molecule has 0 spiro atoms. The molecule has 2 rings (SSSR count). The van der Waals surface area contributed by atoms with Crippen LogP contribution in [0, 0.1) is 10.1 Å². The Balaban J connectivity index is 1.94. The van der Waals surface area contributed by atoms with Crippen LogP contribution >= 0.6 is 12.2 Å². The van der Waals surface area contributed by atoms with Crippen molar-refractivity contribution in [3.63, 3.8) is 0 Å². The smallest absolute Gasteiger partial charge is 0.293 e. The lowest BCUT2D eigenvalue weighted by Gasteiger charge is -2.08. The summed E-state index contributed by atoms with van der Waals surface area (Å²) in [5.41, 5.74) is 0.501. The molecule has 0 aliphatic carbocycles. The van der Waals surface area contributed by atoms with Crippen LogP contribution in [0.1, 0.15) is 10.6 Å². The SMILES string of the molecule is O=C(NC(=S)Nc1ccc([N+](=O)[O-])cc1)c1ccco1. The number of nitrogens with one attached hydrogen (secondary N) is 2. The molecule has 0 saturated heterocycles. The van der Waals surface area contributed by atoms with Crippen molar-refractivity contribution >= 4 is 34.6 Å². The molecule has 8 heteroatoms. The van der Waals surface area contributed by atoms with Gasteiger partial charge in [-0.1, -0.05) is 0 Å². The summed E-state index contributed by atoms with van der Waals surface area (Å²) in [6.07, 6.45) is 1.38. The Hall–Kier alpha value is -2.74. The second-order valence-electron chi connectivity index (χ2n) is 3.69. The first kappa shape index (κ1) is 13.7. The van der Waals surface area contributed by atoms with Gasteiger partial charge in [-0.25, -0.2) is 0 Å². The van der Waals surface area contributed by atoms with Crippen LogP contribution in [0.15, 0.2) is 47.1 Å². The van der Waals surface area contributed by atoms with E-state index in [1.165, 1.54) is 36.6 Å². The Kier molecular flexibility index (Phi) is 4.06. The summed E-state index contributed by atoms with van der Waals surface area (Å²) >= 11 is 4.95. The van der Waals surface area contributed by atoms with E-state index in [1.54, 1.807) is 6.07 Å². The molecule has 2 aromatic rings. The van der Waals surface area contributed by atoms with Crippen LogP contribution in [0.4, 0.5) is 11.4 Å². The van der Waals surface area contributed by atoms with E-state index in [4.69, 9.17) is 16.6 Å². The molecule has 1 aromatic carbocycles. The third kappa shape index (κ3) is 3.39. The van der Waals surface area contributed by atoms with Gasteiger partial charge in [0.2, 0.25) is 0 Å². The molecule has 1 heterocycles. The number of nitro groups is 1. The van der Waals surface area contributed by atoms with Crippen LogP contribution in [0.2, 0.25) is 0 Å². The fourth-order valence-electron chi connectivity index (χ4n) is 1.40. The maximum Gasteiger partial charge on any atom is 0.293 e. The van der Waals surface area contributed by atoms with Crippen molar-refractivity contribution in [2.75, 3.05) is 5.32 Å². The minimum atomic E-state index is -0.499. The summed E-state index contributed by atoms with van der Waals surface area (Å²) in [5, 5.41) is 15.7. The third-order valence-electron chi connectivity index (χ3n) is 2.31. The molecule has 1 aromatic heterocycles. The van der Waals surface area contributed by atoms with Gasteiger partial charge in [0, 0.05) is 17.8 Å². The van der Waals surface area contributed by atoms with Crippen molar-refractivity contribution in [3.05, 3.63) is 58.5 Å². The summed E-state index contributed by atoms with van der Waals surface area (Å²) in [7, 11) is 0. The highest BCUT2D eigenvalue weighted by Gasteiger charge is 2.10. The van der Waals surface area contributed by atoms with E-state index in [2.05, 4.69) is 10.6 Å². The number of furan rings is 1. The molecule has 0 aliphatic rings. The Morgan fingerprint density at radius 1 is 1.25 bits per heavy atom. The van der Waals surface area contributed by atoms with Gasteiger partial charge in [-0.2, -0.15) is 0 Å². The second kappa shape index (κ2) is 5.93. The molecular weight excluding hydrogens is 282 g/mol. The topological polar surface area (TPSA) is 97.4 Å². The van der Waals surface area contributed by atoms with Gasteiger partial charge in [0.25, 0.3) is 11.6 Å². The number of hydrogen-bond donors (Lipinski definition) is 2. The van der Waals surface area contributed by atoms with Crippen LogP contribution < -0.4 is 10.6 Å². The highest BCUT2D eigenvalue weighted by molar-refractivity contribution is 7.80. The second-order valence-corrected chi connectivity index (χ2v) is 4.10. The normalized spacial score (nSPS) is 9.80. The van der Waals surface area contributed by atoms with E-state index in [0.29, 0.717) is 5.69 Å². The summed E-state index contributed by atoms with van der Waals surface area (Å²) in [6, 6.07) is 8.73. The monoisotopic (exact) mass is 291 g/mol. The summed E-state index contributed by atoms with van der Waals surface area (Å²) < 4.78 is 4.91. The molecule has 102 valence electrons. The van der Waals surface area contributed by atoms with Crippen LogP contribution in [0.5, 0.6) is 0 Å². The lowest BCUT2D eigenvalue weighted by atomic mass is 10.3. The number of amides is 1.